The zero-order chi connectivity index (χ0) is 15.5. The van der Waals surface area contributed by atoms with Crippen LogP contribution in [0.5, 0.6) is 0 Å². The first kappa shape index (κ1) is 15.4. The molecule has 0 aromatic heterocycles. The van der Waals surface area contributed by atoms with E-state index in [0.29, 0.717) is 12.8 Å². The first-order valence-corrected chi connectivity index (χ1v) is 6.87. The number of carboxylic acids is 1. The maximum absolute atomic E-state index is 13.4. The van der Waals surface area contributed by atoms with Crippen LogP contribution in [0.2, 0.25) is 0 Å². The summed E-state index contributed by atoms with van der Waals surface area (Å²) in [6.07, 6.45) is 2.49. The van der Waals surface area contributed by atoms with Gasteiger partial charge in [-0.2, -0.15) is 0 Å². The quantitative estimate of drug-likeness (QED) is 0.876. The molecule has 0 atom stereocenters. The van der Waals surface area contributed by atoms with Gasteiger partial charge in [-0.25, -0.2) is 8.78 Å². The summed E-state index contributed by atoms with van der Waals surface area (Å²) < 4.78 is 26.2. The van der Waals surface area contributed by atoms with E-state index in [2.05, 4.69) is 5.32 Å². The van der Waals surface area contributed by atoms with Gasteiger partial charge in [0.25, 0.3) is 0 Å². The Labute approximate surface area is 121 Å². The van der Waals surface area contributed by atoms with Crippen LogP contribution in [0, 0.1) is 17.0 Å². The predicted octanol–water partition coefficient (Wildman–Crippen LogP) is 2.27. The van der Waals surface area contributed by atoms with E-state index in [1.165, 1.54) is 6.07 Å². The second-order valence-electron chi connectivity index (χ2n) is 5.48. The Hall–Kier alpha value is -1.98. The maximum Gasteiger partial charge on any atom is 0.311 e. The standard InChI is InChI=1S/C15H17F2NO3/c16-11-4-3-10(12(17)8-11)7-13(19)18-9-15(14(20)21)5-1-2-6-15/h3-4,8H,1-2,5-7,9H2,(H,18,19)(H,20,21). The predicted molar refractivity (Wildman–Crippen MR) is 71.6 cm³/mol. The number of hydrogen-bond donors (Lipinski definition) is 2. The van der Waals surface area contributed by atoms with E-state index >= 15 is 0 Å². The summed E-state index contributed by atoms with van der Waals surface area (Å²) in [7, 11) is 0. The lowest BCUT2D eigenvalue weighted by atomic mass is 9.86. The zero-order valence-electron chi connectivity index (χ0n) is 11.5. The highest BCUT2D eigenvalue weighted by atomic mass is 19.1. The minimum absolute atomic E-state index is 0.0456. The average Bonchev–Trinajstić information content (AvgIpc) is 2.90. The van der Waals surface area contributed by atoms with Gasteiger partial charge in [0, 0.05) is 12.6 Å². The molecular weight excluding hydrogens is 280 g/mol. The SMILES string of the molecule is O=C(Cc1ccc(F)cc1F)NCC1(C(=O)O)CCCC1. The largest absolute Gasteiger partial charge is 0.481 e. The van der Waals surface area contributed by atoms with E-state index in [-0.39, 0.29) is 18.5 Å². The summed E-state index contributed by atoms with van der Waals surface area (Å²) in [6.45, 7) is 0.0456. The van der Waals surface area contributed by atoms with Crippen LogP contribution in [0.3, 0.4) is 0 Å². The van der Waals surface area contributed by atoms with Gasteiger partial charge in [0.1, 0.15) is 11.6 Å². The smallest absolute Gasteiger partial charge is 0.311 e. The van der Waals surface area contributed by atoms with Crippen molar-refractivity contribution in [3.05, 3.63) is 35.4 Å². The van der Waals surface area contributed by atoms with Crippen LogP contribution in [-0.2, 0) is 16.0 Å². The normalized spacial score (nSPS) is 16.7. The van der Waals surface area contributed by atoms with Gasteiger partial charge in [0.05, 0.1) is 11.8 Å². The van der Waals surface area contributed by atoms with E-state index in [4.69, 9.17) is 0 Å². The molecular formula is C15H17F2NO3. The van der Waals surface area contributed by atoms with Gasteiger partial charge >= 0.3 is 5.97 Å². The third-order valence-corrected chi connectivity index (χ3v) is 4.00. The van der Waals surface area contributed by atoms with E-state index in [1.54, 1.807) is 0 Å². The van der Waals surface area contributed by atoms with Gasteiger partial charge in [-0.15, -0.1) is 0 Å². The lowest BCUT2D eigenvalue weighted by molar-refractivity contribution is -0.148. The van der Waals surface area contributed by atoms with Crippen LogP contribution in [0.25, 0.3) is 0 Å². The highest BCUT2D eigenvalue weighted by Gasteiger charge is 2.41. The molecule has 0 heterocycles. The summed E-state index contributed by atoms with van der Waals surface area (Å²) in [6, 6.07) is 3.02. The van der Waals surface area contributed by atoms with Crippen LogP contribution >= 0.6 is 0 Å². The van der Waals surface area contributed by atoms with E-state index in [9.17, 15) is 23.5 Å². The third-order valence-electron chi connectivity index (χ3n) is 4.00. The Balaban J connectivity index is 1.94. The molecule has 0 radical (unpaired) electrons. The summed E-state index contributed by atoms with van der Waals surface area (Å²) in [5.41, 5.74) is -0.818. The Morgan fingerprint density at radius 1 is 1.24 bits per heavy atom. The Kier molecular flexibility index (Phi) is 4.55. The first-order chi connectivity index (χ1) is 9.93. The molecule has 4 nitrogen and oxygen atoms in total. The van der Waals surface area contributed by atoms with Crippen LogP contribution < -0.4 is 5.32 Å². The number of rotatable bonds is 5. The molecule has 1 aliphatic rings. The zero-order valence-corrected chi connectivity index (χ0v) is 11.5. The molecule has 0 bridgehead atoms. The van der Waals surface area contributed by atoms with Crippen molar-refractivity contribution in [2.45, 2.75) is 32.1 Å². The molecule has 1 saturated carbocycles. The lowest BCUT2D eigenvalue weighted by Gasteiger charge is -2.24. The highest BCUT2D eigenvalue weighted by Crippen LogP contribution is 2.37. The van der Waals surface area contributed by atoms with Gasteiger partial charge in [-0.1, -0.05) is 18.9 Å². The minimum Gasteiger partial charge on any atom is -0.481 e. The molecule has 114 valence electrons. The van der Waals surface area contributed by atoms with Gasteiger partial charge in [-0.05, 0) is 24.5 Å². The molecule has 2 N–H and O–H groups in total. The number of amides is 1. The second-order valence-corrected chi connectivity index (χ2v) is 5.48. The number of aliphatic carboxylic acids is 1. The van der Waals surface area contributed by atoms with Crippen molar-refractivity contribution in [2.75, 3.05) is 6.54 Å². The maximum atomic E-state index is 13.4. The fourth-order valence-corrected chi connectivity index (χ4v) is 2.69. The van der Waals surface area contributed by atoms with Gasteiger partial charge in [-0.3, -0.25) is 9.59 Å². The number of halogens is 2. The number of carboxylic acid groups (broad SMARTS) is 1. The Morgan fingerprint density at radius 2 is 1.90 bits per heavy atom. The van der Waals surface area contributed by atoms with E-state index in [0.717, 1.165) is 25.0 Å². The van der Waals surface area contributed by atoms with Gasteiger partial charge < -0.3 is 10.4 Å². The van der Waals surface area contributed by atoms with Crippen LogP contribution in [-0.4, -0.2) is 23.5 Å². The van der Waals surface area contributed by atoms with E-state index < -0.39 is 28.9 Å². The lowest BCUT2D eigenvalue weighted by Crippen LogP contribution is -2.41. The number of nitrogens with one attached hydrogen (secondary N) is 1. The van der Waals surface area contributed by atoms with Crippen molar-refractivity contribution in [2.24, 2.45) is 5.41 Å². The Bertz CT molecular complexity index is 554. The average molecular weight is 297 g/mol. The Morgan fingerprint density at radius 3 is 2.48 bits per heavy atom. The second kappa shape index (κ2) is 6.20. The molecule has 1 aromatic carbocycles. The van der Waals surface area contributed by atoms with Crippen molar-refractivity contribution < 1.29 is 23.5 Å². The van der Waals surface area contributed by atoms with Crippen molar-refractivity contribution in [1.82, 2.24) is 5.32 Å². The highest BCUT2D eigenvalue weighted by molar-refractivity contribution is 5.80. The third kappa shape index (κ3) is 3.56. The van der Waals surface area contributed by atoms with Gasteiger partial charge in [0.15, 0.2) is 0 Å². The molecule has 1 amide bonds. The van der Waals surface area contributed by atoms with Crippen molar-refractivity contribution in [1.29, 1.82) is 0 Å². The fourth-order valence-electron chi connectivity index (χ4n) is 2.69. The van der Waals surface area contributed by atoms with Gasteiger partial charge in [0.2, 0.25) is 5.91 Å². The van der Waals surface area contributed by atoms with Crippen molar-refractivity contribution in [3.63, 3.8) is 0 Å². The number of benzene rings is 1. The molecule has 1 aliphatic carbocycles. The molecule has 1 aromatic rings. The molecule has 0 aliphatic heterocycles. The minimum atomic E-state index is -0.909. The number of carbonyl (C=O) groups excluding carboxylic acids is 1. The van der Waals surface area contributed by atoms with E-state index in [1.807, 2.05) is 0 Å². The number of carbonyl (C=O) groups is 2. The molecule has 0 spiro atoms. The van der Waals surface area contributed by atoms with Crippen molar-refractivity contribution in [3.8, 4) is 0 Å². The fraction of sp³-hybridized carbons (Fsp3) is 0.467. The first-order valence-electron chi connectivity index (χ1n) is 6.87. The molecule has 21 heavy (non-hydrogen) atoms. The molecule has 1 fully saturated rings. The molecule has 0 saturated heterocycles. The summed E-state index contributed by atoms with van der Waals surface area (Å²) in [4.78, 5) is 23.1. The molecule has 6 heteroatoms. The topological polar surface area (TPSA) is 66.4 Å². The van der Waals surface area contributed by atoms with Crippen LogP contribution in [0.4, 0.5) is 8.78 Å². The monoisotopic (exact) mass is 297 g/mol. The number of hydrogen-bond acceptors (Lipinski definition) is 2. The van der Waals surface area contributed by atoms with Crippen LogP contribution in [0.15, 0.2) is 18.2 Å². The van der Waals surface area contributed by atoms with Crippen LogP contribution in [0.1, 0.15) is 31.2 Å². The summed E-state index contributed by atoms with van der Waals surface area (Å²) >= 11 is 0. The molecule has 2 rings (SSSR count). The summed E-state index contributed by atoms with van der Waals surface area (Å²) in [5.74, 6) is -2.85. The molecule has 0 unspecified atom stereocenters. The summed E-state index contributed by atoms with van der Waals surface area (Å²) in [5, 5.41) is 11.8. The van der Waals surface area contributed by atoms with Crippen molar-refractivity contribution >= 4 is 11.9 Å².